The SMILES string of the molecule is NCc1ccnc(Oc2ccccc2C(F)(F)F)c1Cl. The van der Waals surface area contributed by atoms with Gasteiger partial charge in [-0.2, -0.15) is 13.2 Å². The van der Waals surface area contributed by atoms with Gasteiger partial charge in [0, 0.05) is 12.7 Å². The summed E-state index contributed by atoms with van der Waals surface area (Å²) in [5.74, 6) is -0.463. The lowest BCUT2D eigenvalue weighted by atomic mass is 10.2. The molecule has 1 aromatic carbocycles. The number of hydrogen-bond acceptors (Lipinski definition) is 3. The Morgan fingerprint density at radius 3 is 2.55 bits per heavy atom. The van der Waals surface area contributed by atoms with E-state index in [1.807, 2.05) is 0 Å². The van der Waals surface area contributed by atoms with Crippen LogP contribution in [-0.2, 0) is 12.7 Å². The summed E-state index contributed by atoms with van der Waals surface area (Å²) in [7, 11) is 0. The fraction of sp³-hybridized carbons (Fsp3) is 0.154. The molecule has 0 amide bonds. The largest absolute Gasteiger partial charge is 0.437 e. The quantitative estimate of drug-likeness (QED) is 0.932. The van der Waals surface area contributed by atoms with E-state index in [1.165, 1.54) is 24.4 Å². The Morgan fingerprint density at radius 2 is 1.90 bits per heavy atom. The molecule has 0 bridgehead atoms. The molecule has 0 radical (unpaired) electrons. The van der Waals surface area contributed by atoms with Gasteiger partial charge >= 0.3 is 6.18 Å². The molecule has 0 aliphatic heterocycles. The van der Waals surface area contributed by atoms with E-state index in [2.05, 4.69) is 4.98 Å². The van der Waals surface area contributed by atoms with Crippen LogP contribution in [0.5, 0.6) is 11.6 Å². The number of aromatic nitrogens is 1. The number of para-hydroxylation sites is 1. The van der Waals surface area contributed by atoms with Gasteiger partial charge in [0.05, 0.1) is 5.56 Å². The Hall–Kier alpha value is -1.79. The van der Waals surface area contributed by atoms with Crippen LogP contribution >= 0.6 is 11.6 Å². The highest BCUT2D eigenvalue weighted by Crippen LogP contribution is 2.39. The minimum absolute atomic E-state index is 0.104. The molecule has 0 aliphatic carbocycles. The number of nitrogens with two attached hydrogens (primary N) is 1. The second-order valence-corrected chi connectivity index (χ2v) is 4.27. The molecule has 106 valence electrons. The molecule has 1 aromatic heterocycles. The number of pyridine rings is 1. The van der Waals surface area contributed by atoms with Crippen LogP contribution in [0, 0.1) is 0 Å². The van der Waals surface area contributed by atoms with Gasteiger partial charge in [-0.15, -0.1) is 0 Å². The van der Waals surface area contributed by atoms with Crippen molar-refractivity contribution in [1.29, 1.82) is 0 Å². The Labute approximate surface area is 118 Å². The van der Waals surface area contributed by atoms with Crippen molar-refractivity contribution in [1.82, 2.24) is 4.98 Å². The molecule has 0 saturated carbocycles. The first-order valence-corrected chi connectivity index (χ1v) is 5.99. The molecule has 2 N–H and O–H groups in total. The third-order valence-corrected chi connectivity index (χ3v) is 2.96. The summed E-state index contributed by atoms with van der Waals surface area (Å²) in [6, 6.07) is 6.42. The van der Waals surface area contributed by atoms with Gasteiger partial charge < -0.3 is 10.5 Å². The normalized spacial score (nSPS) is 11.4. The van der Waals surface area contributed by atoms with E-state index in [0.29, 0.717) is 5.56 Å². The summed E-state index contributed by atoms with van der Waals surface area (Å²) < 4.78 is 43.7. The minimum Gasteiger partial charge on any atom is -0.437 e. The zero-order valence-corrected chi connectivity index (χ0v) is 10.9. The molecule has 1 heterocycles. The number of rotatable bonds is 3. The van der Waals surface area contributed by atoms with Gasteiger partial charge in [-0.3, -0.25) is 0 Å². The van der Waals surface area contributed by atoms with Gasteiger partial charge in [0.1, 0.15) is 10.8 Å². The van der Waals surface area contributed by atoms with Gasteiger partial charge in [-0.1, -0.05) is 23.7 Å². The van der Waals surface area contributed by atoms with Crippen LogP contribution in [0.25, 0.3) is 0 Å². The Bertz CT molecular complexity index is 617. The number of halogens is 4. The molecule has 0 atom stereocenters. The van der Waals surface area contributed by atoms with Crippen LogP contribution in [0.15, 0.2) is 36.5 Å². The lowest BCUT2D eigenvalue weighted by Gasteiger charge is -2.14. The van der Waals surface area contributed by atoms with Crippen molar-refractivity contribution < 1.29 is 17.9 Å². The van der Waals surface area contributed by atoms with Crippen LogP contribution in [0.2, 0.25) is 5.02 Å². The third kappa shape index (κ3) is 3.02. The first-order chi connectivity index (χ1) is 9.43. The van der Waals surface area contributed by atoms with Crippen molar-refractivity contribution in [3.63, 3.8) is 0 Å². The van der Waals surface area contributed by atoms with E-state index in [9.17, 15) is 13.2 Å². The van der Waals surface area contributed by atoms with Crippen molar-refractivity contribution in [2.45, 2.75) is 12.7 Å². The fourth-order valence-electron chi connectivity index (χ4n) is 1.58. The Morgan fingerprint density at radius 1 is 1.20 bits per heavy atom. The lowest BCUT2D eigenvalue weighted by molar-refractivity contribution is -0.138. The van der Waals surface area contributed by atoms with E-state index in [0.717, 1.165) is 6.07 Å². The summed E-state index contributed by atoms with van der Waals surface area (Å²) in [4.78, 5) is 3.83. The fourth-order valence-corrected chi connectivity index (χ4v) is 1.81. The lowest BCUT2D eigenvalue weighted by Crippen LogP contribution is -2.07. The van der Waals surface area contributed by atoms with Crippen LogP contribution < -0.4 is 10.5 Å². The average molecular weight is 303 g/mol. The Balaban J connectivity index is 2.41. The first-order valence-electron chi connectivity index (χ1n) is 5.61. The second kappa shape index (κ2) is 5.68. The van der Waals surface area contributed by atoms with Crippen LogP contribution in [0.1, 0.15) is 11.1 Å². The zero-order chi connectivity index (χ0) is 14.8. The monoisotopic (exact) mass is 302 g/mol. The second-order valence-electron chi connectivity index (χ2n) is 3.89. The first kappa shape index (κ1) is 14.6. The van der Waals surface area contributed by atoms with E-state index < -0.39 is 11.7 Å². The maximum absolute atomic E-state index is 12.8. The molecule has 3 nitrogen and oxygen atoms in total. The Kier molecular flexibility index (Phi) is 4.15. The molecule has 0 unspecified atom stereocenters. The van der Waals surface area contributed by atoms with E-state index in [-0.39, 0.29) is 23.2 Å². The summed E-state index contributed by atoms with van der Waals surface area (Å²) in [5.41, 5.74) is 5.11. The average Bonchev–Trinajstić information content (AvgIpc) is 2.40. The molecule has 7 heteroatoms. The van der Waals surface area contributed by atoms with Crippen molar-refractivity contribution in [3.8, 4) is 11.6 Å². The smallest absolute Gasteiger partial charge is 0.419 e. The highest BCUT2D eigenvalue weighted by atomic mass is 35.5. The van der Waals surface area contributed by atoms with Gasteiger partial charge in [-0.25, -0.2) is 4.98 Å². The van der Waals surface area contributed by atoms with Crippen LogP contribution in [0.4, 0.5) is 13.2 Å². The van der Waals surface area contributed by atoms with Crippen molar-refractivity contribution >= 4 is 11.6 Å². The molecule has 2 aromatic rings. The predicted molar refractivity (Wildman–Crippen MR) is 68.7 cm³/mol. The number of nitrogens with zero attached hydrogens (tertiary/aromatic N) is 1. The number of ether oxygens (including phenoxy) is 1. The van der Waals surface area contributed by atoms with Gasteiger partial charge in [-0.05, 0) is 23.8 Å². The summed E-state index contributed by atoms with van der Waals surface area (Å²) in [6.07, 6.45) is -3.14. The molecular weight excluding hydrogens is 293 g/mol. The molecular formula is C13H10ClF3N2O. The third-order valence-electron chi connectivity index (χ3n) is 2.56. The number of hydrogen-bond donors (Lipinski definition) is 1. The van der Waals surface area contributed by atoms with Crippen LogP contribution in [-0.4, -0.2) is 4.98 Å². The summed E-state index contributed by atoms with van der Waals surface area (Å²) >= 11 is 5.98. The van der Waals surface area contributed by atoms with Crippen molar-refractivity contribution in [3.05, 3.63) is 52.7 Å². The standard InChI is InChI=1S/C13H10ClF3N2O/c14-11-8(7-18)5-6-19-12(11)20-10-4-2-1-3-9(10)13(15,16)17/h1-6H,7,18H2. The summed E-state index contributed by atoms with van der Waals surface area (Å²) in [6.45, 7) is 0.138. The molecule has 0 aliphatic rings. The number of benzene rings is 1. The van der Waals surface area contributed by atoms with E-state index >= 15 is 0 Å². The number of alkyl halides is 3. The maximum atomic E-state index is 12.8. The molecule has 0 saturated heterocycles. The highest BCUT2D eigenvalue weighted by Gasteiger charge is 2.34. The summed E-state index contributed by atoms with van der Waals surface area (Å²) in [5, 5.41) is 0.104. The van der Waals surface area contributed by atoms with E-state index in [4.69, 9.17) is 22.1 Å². The van der Waals surface area contributed by atoms with Crippen LogP contribution in [0.3, 0.4) is 0 Å². The zero-order valence-electron chi connectivity index (χ0n) is 10.1. The minimum atomic E-state index is -4.52. The molecule has 20 heavy (non-hydrogen) atoms. The predicted octanol–water partition coefficient (Wildman–Crippen LogP) is 4.00. The topological polar surface area (TPSA) is 48.1 Å². The maximum Gasteiger partial charge on any atom is 0.419 e. The highest BCUT2D eigenvalue weighted by molar-refractivity contribution is 6.32. The van der Waals surface area contributed by atoms with Crippen molar-refractivity contribution in [2.75, 3.05) is 0 Å². The van der Waals surface area contributed by atoms with Crippen molar-refractivity contribution in [2.24, 2.45) is 5.73 Å². The van der Waals surface area contributed by atoms with Gasteiger partial charge in [0.15, 0.2) is 0 Å². The molecule has 0 spiro atoms. The molecule has 0 fully saturated rings. The van der Waals surface area contributed by atoms with Gasteiger partial charge in [0.2, 0.25) is 5.88 Å². The molecule has 2 rings (SSSR count). The van der Waals surface area contributed by atoms with Gasteiger partial charge in [0.25, 0.3) is 0 Å². The van der Waals surface area contributed by atoms with E-state index in [1.54, 1.807) is 6.07 Å².